The molecule has 5 heteroatoms. The Hall–Kier alpha value is -0.650. The van der Waals surface area contributed by atoms with Crippen molar-refractivity contribution in [2.45, 2.75) is 45.6 Å². The van der Waals surface area contributed by atoms with E-state index >= 15 is 0 Å². The van der Waals surface area contributed by atoms with Crippen LogP contribution in [-0.2, 0) is 9.53 Å². The third-order valence-corrected chi connectivity index (χ3v) is 3.40. The monoisotopic (exact) mass is 273 g/mol. The number of rotatable bonds is 12. The quantitative estimate of drug-likeness (QED) is 0.520. The smallest absolute Gasteiger partial charge is 0.237 e. The SMILES string of the molecule is CCNC(C)(CCCCN(C)CCOCC)C(N)=O. The maximum absolute atomic E-state index is 11.4. The van der Waals surface area contributed by atoms with Crippen LogP contribution in [0.1, 0.15) is 40.0 Å². The average Bonchev–Trinajstić information content (AvgIpc) is 2.35. The number of nitrogens with two attached hydrogens (primary N) is 1. The van der Waals surface area contributed by atoms with Crippen molar-refractivity contribution in [3.63, 3.8) is 0 Å². The van der Waals surface area contributed by atoms with Gasteiger partial charge in [0.2, 0.25) is 5.91 Å². The Bertz CT molecular complexity index is 249. The number of nitrogens with zero attached hydrogens (tertiary/aromatic N) is 1. The Labute approximate surface area is 117 Å². The molecule has 0 fully saturated rings. The largest absolute Gasteiger partial charge is 0.380 e. The normalized spacial score (nSPS) is 14.6. The molecule has 0 spiro atoms. The number of unbranched alkanes of at least 4 members (excludes halogenated alkanes) is 1. The maximum Gasteiger partial charge on any atom is 0.237 e. The van der Waals surface area contributed by atoms with Crippen molar-refractivity contribution in [1.29, 1.82) is 0 Å². The van der Waals surface area contributed by atoms with Gasteiger partial charge in [0.05, 0.1) is 12.1 Å². The van der Waals surface area contributed by atoms with Gasteiger partial charge in [-0.2, -0.15) is 0 Å². The molecule has 0 aromatic rings. The number of likely N-dealkylation sites (N-methyl/N-ethyl adjacent to an activating group) is 2. The number of carbonyl (C=O) groups excluding carboxylic acids is 1. The van der Waals surface area contributed by atoms with Crippen molar-refractivity contribution in [3.05, 3.63) is 0 Å². The van der Waals surface area contributed by atoms with E-state index in [-0.39, 0.29) is 5.91 Å². The van der Waals surface area contributed by atoms with E-state index in [0.29, 0.717) is 0 Å². The molecule has 1 atom stereocenters. The van der Waals surface area contributed by atoms with Crippen LogP contribution in [0, 0.1) is 0 Å². The Balaban J connectivity index is 3.79. The van der Waals surface area contributed by atoms with Gasteiger partial charge in [-0.1, -0.05) is 6.92 Å². The van der Waals surface area contributed by atoms with E-state index in [1.807, 2.05) is 20.8 Å². The number of primary amides is 1. The number of carbonyl (C=O) groups is 1. The van der Waals surface area contributed by atoms with Crippen LogP contribution in [-0.4, -0.2) is 56.2 Å². The van der Waals surface area contributed by atoms with Crippen LogP contribution in [0.25, 0.3) is 0 Å². The van der Waals surface area contributed by atoms with Gasteiger partial charge in [-0.3, -0.25) is 4.79 Å². The summed E-state index contributed by atoms with van der Waals surface area (Å²) in [6.45, 7) is 10.2. The van der Waals surface area contributed by atoms with E-state index in [9.17, 15) is 4.79 Å². The molecule has 1 amide bonds. The number of ether oxygens (including phenoxy) is 1. The van der Waals surface area contributed by atoms with Gasteiger partial charge >= 0.3 is 0 Å². The van der Waals surface area contributed by atoms with Crippen LogP contribution in [0.15, 0.2) is 0 Å². The third kappa shape index (κ3) is 8.18. The molecule has 0 aromatic carbocycles. The molecule has 0 rings (SSSR count). The zero-order valence-corrected chi connectivity index (χ0v) is 13.0. The average molecular weight is 273 g/mol. The molecule has 0 saturated carbocycles. The van der Waals surface area contributed by atoms with Crippen LogP contribution in [0.5, 0.6) is 0 Å². The molecule has 114 valence electrons. The van der Waals surface area contributed by atoms with Gasteiger partial charge in [-0.25, -0.2) is 0 Å². The van der Waals surface area contributed by atoms with Crippen molar-refractivity contribution >= 4 is 5.91 Å². The Morgan fingerprint density at radius 1 is 1.32 bits per heavy atom. The first-order valence-corrected chi connectivity index (χ1v) is 7.27. The van der Waals surface area contributed by atoms with Gasteiger partial charge in [-0.05, 0) is 53.2 Å². The predicted octanol–water partition coefficient (Wildman–Crippen LogP) is 0.979. The highest BCUT2D eigenvalue weighted by atomic mass is 16.5. The molecule has 3 N–H and O–H groups in total. The fraction of sp³-hybridized carbons (Fsp3) is 0.929. The number of amides is 1. The lowest BCUT2D eigenvalue weighted by Gasteiger charge is -2.27. The second-order valence-corrected chi connectivity index (χ2v) is 5.18. The zero-order chi connectivity index (χ0) is 14.7. The predicted molar refractivity (Wildman–Crippen MR) is 79.1 cm³/mol. The second kappa shape index (κ2) is 10.2. The van der Waals surface area contributed by atoms with Gasteiger partial charge < -0.3 is 20.7 Å². The molecule has 0 aliphatic rings. The molecule has 0 aliphatic carbocycles. The molecular formula is C14H31N3O2. The standard InChI is InChI=1S/C14H31N3O2/c1-5-16-14(3,13(15)18)9-7-8-10-17(4)11-12-19-6-2/h16H,5-12H2,1-4H3,(H2,15,18). The van der Waals surface area contributed by atoms with Gasteiger partial charge in [0, 0.05) is 13.2 Å². The summed E-state index contributed by atoms with van der Waals surface area (Å²) in [4.78, 5) is 13.7. The molecule has 0 aromatic heterocycles. The maximum atomic E-state index is 11.4. The first-order chi connectivity index (χ1) is 8.96. The summed E-state index contributed by atoms with van der Waals surface area (Å²) in [6.07, 6.45) is 2.85. The van der Waals surface area contributed by atoms with Crippen molar-refractivity contribution in [3.8, 4) is 0 Å². The molecule has 19 heavy (non-hydrogen) atoms. The minimum absolute atomic E-state index is 0.265. The lowest BCUT2D eigenvalue weighted by atomic mass is 9.94. The Kier molecular flexibility index (Phi) is 9.83. The minimum Gasteiger partial charge on any atom is -0.380 e. The molecule has 0 aliphatic heterocycles. The fourth-order valence-electron chi connectivity index (χ4n) is 2.03. The van der Waals surface area contributed by atoms with Gasteiger partial charge in [0.1, 0.15) is 0 Å². The third-order valence-electron chi connectivity index (χ3n) is 3.40. The van der Waals surface area contributed by atoms with E-state index in [0.717, 1.165) is 52.1 Å². The van der Waals surface area contributed by atoms with E-state index in [1.54, 1.807) is 0 Å². The van der Waals surface area contributed by atoms with E-state index in [1.165, 1.54) is 0 Å². The van der Waals surface area contributed by atoms with E-state index in [2.05, 4.69) is 17.3 Å². The van der Waals surface area contributed by atoms with Gasteiger partial charge in [0.25, 0.3) is 0 Å². The highest BCUT2D eigenvalue weighted by Crippen LogP contribution is 2.13. The first-order valence-electron chi connectivity index (χ1n) is 7.27. The number of hydrogen-bond acceptors (Lipinski definition) is 4. The summed E-state index contributed by atoms with van der Waals surface area (Å²) in [5.74, 6) is -0.265. The fourth-order valence-corrected chi connectivity index (χ4v) is 2.03. The highest BCUT2D eigenvalue weighted by Gasteiger charge is 2.28. The molecule has 5 nitrogen and oxygen atoms in total. The molecular weight excluding hydrogens is 242 g/mol. The lowest BCUT2D eigenvalue weighted by molar-refractivity contribution is -0.124. The molecule has 0 heterocycles. The summed E-state index contributed by atoms with van der Waals surface area (Å²) in [5, 5.41) is 3.18. The summed E-state index contributed by atoms with van der Waals surface area (Å²) < 4.78 is 5.32. The molecule has 0 radical (unpaired) electrons. The highest BCUT2D eigenvalue weighted by molar-refractivity contribution is 5.84. The van der Waals surface area contributed by atoms with Crippen LogP contribution in [0.4, 0.5) is 0 Å². The van der Waals surface area contributed by atoms with Gasteiger partial charge in [-0.15, -0.1) is 0 Å². The van der Waals surface area contributed by atoms with Crippen LogP contribution >= 0.6 is 0 Å². The summed E-state index contributed by atoms with van der Waals surface area (Å²) >= 11 is 0. The molecule has 0 bridgehead atoms. The van der Waals surface area contributed by atoms with Crippen molar-refractivity contribution in [2.75, 3.05) is 39.9 Å². The zero-order valence-electron chi connectivity index (χ0n) is 13.0. The lowest BCUT2D eigenvalue weighted by Crippen LogP contribution is -2.53. The number of nitrogens with one attached hydrogen (secondary N) is 1. The molecule has 0 saturated heterocycles. The number of hydrogen-bond donors (Lipinski definition) is 2. The second-order valence-electron chi connectivity index (χ2n) is 5.18. The topological polar surface area (TPSA) is 67.6 Å². The van der Waals surface area contributed by atoms with Crippen molar-refractivity contribution in [1.82, 2.24) is 10.2 Å². The van der Waals surface area contributed by atoms with E-state index < -0.39 is 5.54 Å². The summed E-state index contributed by atoms with van der Waals surface area (Å²) in [7, 11) is 2.09. The first kappa shape index (κ1) is 18.4. The van der Waals surface area contributed by atoms with E-state index in [4.69, 9.17) is 10.5 Å². The Morgan fingerprint density at radius 3 is 2.53 bits per heavy atom. The van der Waals surface area contributed by atoms with Gasteiger partial charge in [0.15, 0.2) is 0 Å². The summed E-state index contributed by atoms with van der Waals surface area (Å²) in [5.41, 5.74) is 4.88. The Morgan fingerprint density at radius 2 is 2.00 bits per heavy atom. The minimum atomic E-state index is -0.571. The van der Waals surface area contributed by atoms with Crippen molar-refractivity contribution < 1.29 is 9.53 Å². The van der Waals surface area contributed by atoms with Crippen LogP contribution in [0.2, 0.25) is 0 Å². The van der Waals surface area contributed by atoms with Crippen LogP contribution < -0.4 is 11.1 Å². The van der Waals surface area contributed by atoms with Crippen LogP contribution in [0.3, 0.4) is 0 Å². The molecule has 1 unspecified atom stereocenters. The summed E-state index contributed by atoms with van der Waals surface area (Å²) in [6, 6.07) is 0. The van der Waals surface area contributed by atoms with Crippen molar-refractivity contribution in [2.24, 2.45) is 5.73 Å².